The summed E-state index contributed by atoms with van der Waals surface area (Å²) in [5.74, 6) is 0. The number of nitrogens with zero attached hydrogens (tertiary/aromatic N) is 1. The molecule has 3 nitrogen and oxygen atoms in total. The van der Waals surface area contributed by atoms with Crippen molar-refractivity contribution in [1.29, 1.82) is 0 Å². The molecule has 0 aliphatic carbocycles. The van der Waals surface area contributed by atoms with E-state index < -0.39 is 0 Å². The van der Waals surface area contributed by atoms with Crippen molar-refractivity contribution in [3.8, 4) is 0 Å². The first kappa shape index (κ1) is 37.4. The largest absolute Gasteiger partial charge is 0.374 e. The summed E-state index contributed by atoms with van der Waals surface area (Å²) in [6.07, 6.45) is 42.1. The fourth-order valence-corrected chi connectivity index (χ4v) is 5.71. The van der Waals surface area contributed by atoms with E-state index in [1.54, 1.807) is 0 Å². The van der Waals surface area contributed by atoms with Crippen LogP contribution >= 0.6 is 0 Å². The molecule has 3 heteroatoms. The van der Waals surface area contributed by atoms with Gasteiger partial charge in [0.2, 0.25) is 0 Å². The normalized spacial score (nSPS) is 18.2. The van der Waals surface area contributed by atoms with Crippen LogP contribution in [0, 0.1) is 0 Å². The van der Waals surface area contributed by atoms with Gasteiger partial charge in [0.25, 0.3) is 0 Å². The summed E-state index contributed by atoms with van der Waals surface area (Å²) in [4.78, 5) is 2.37. The van der Waals surface area contributed by atoms with Gasteiger partial charge in [0, 0.05) is 26.3 Å². The second-order valence-corrected chi connectivity index (χ2v) is 12.5. The Hall–Kier alpha value is -0.640. The molecular weight excluding hydrogens is 490 g/mol. The van der Waals surface area contributed by atoms with E-state index in [2.05, 4.69) is 50.1 Å². The van der Waals surface area contributed by atoms with Gasteiger partial charge in [0.05, 0.1) is 12.2 Å². The van der Waals surface area contributed by atoms with E-state index in [1.807, 2.05) is 0 Å². The maximum absolute atomic E-state index is 6.29. The molecule has 0 saturated carbocycles. The molecule has 1 unspecified atom stereocenters. The minimum absolute atomic E-state index is 0.262. The van der Waals surface area contributed by atoms with Crippen molar-refractivity contribution in [2.75, 3.05) is 33.4 Å². The molecule has 40 heavy (non-hydrogen) atoms. The van der Waals surface area contributed by atoms with Crippen molar-refractivity contribution in [3.05, 3.63) is 24.3 Å². The number of allylic oxidation sites excluding steroid dienone is 4. The molecule has 236 valence electrons. The third-order valence-corrected chi connectivity index (χ3v) is 8.37. The molecule has 1 fully saturated rings. The molecule has 2 atom stereocenters. The number of likely N-dealkylation sites (tertiary alicyclic amines) is 1. The highest BCUT2D eigenvalue weighted by Gasteiger charge is 2.32. The van der Waals surface area contributed by atoms with Crippen LogP contribution in [-0.2, 0) is 9.47 Å². The first-order valence-electron chi connectivity index (χ1n) is 18.0. The monoisotopic (exact) mass is 562 g/mol. The third-order valence-electron chi connectivity index (χ3n) is 8.37. The lowest BCUT2D eigenvalue weighted by molar-refractivity contribution is -0.0481. The van der Waals surface area contributed by atoms with Crippen molar-refractivity contribution in [1.82, 2.24) is 4.90 Å². The van der Waals surface area contributed by atoms with Gasteiger partial charge < -0.3 is 14.4 Å². The summed E-state index contributed by atoms with van der Waals surface area (Å²) in [6, 6.07) is 0. The van der Waals surface area contributed by atoms with E-state index in [1.165, 1.54) is 154 Å². The quantitative estimate of drug-likeness (QED) is 0.0643. The SMILES string of the molecule is CCCCCCC=CCCCCCCCCOC1CN(C)C[C@H]1OCCCCCCCCC=CCCCCCC. The number of hydrogen-bond acceptors (Lipinski definition) is 3. The zero-order chi connectivity index (χ0) is 28.8. The Morgan fingerprint density at radius 3 is 1.10 bits per heavy atom. The molecule has 0 aromatic carbocycles. The zero-order valence-electron chi connectivity index (χ0n) is 27.5. The molecule has 0 bridgehead atoms. The Balaban J connectivity index is 1.90. The molecule has 1 saturated heterocycles. The summed E-state index contributed by atoms with van der Waals surface area (Å²) < 4.78 is 12.6. The number of rotatable bonds is 30. The van der Waals surface area contributed by atoms with Crippen LogP contribution in [0.1, 0.15) is 168 Å². The zero-order valence-corrected chi connectivity index (χ0v) is 27.5. The second-order valence-electron chi connectivity index (χ2n) is 12.5. The van der Waals surface area contributed by atoms with E-state index in [4.69, 9.17) is 9.47 Å². The van der Waals surface area contributed by atoms with Crippen molar-refractivity contribution < 1.29 is 9.47 Å². The first-order valence-corrected chi connectivity index (χ1v) is 18.0. The minimum atomic E-state index is 0.262. The van der Waals surface area contributed by atoms with Gasteiger partial charge in [-0.15, -0.1) is 0 Å². The topological polar surface area (TPSA) is 21.7 Å². The van der Waals surface area contributed by atoms with Crippen LogP contribution in [0.25, 0.3) is 0 Å². The molecule has 0 radical (unpaired) electrons. The van der Waals surface area contributed by atoms with Gasteiger partial charge in [-0.2, -0.15) is 0 Å². The average molecular weight is 562 g/mol. The van der Waals surface area contributed by atoms with Gasteiger partial charge in [-0.1, -0.05) is 128 Å². The van der Waals surface area contributed by atoms with Crippen LogP contribution in [0.2, 0.25) is 0 Å². The lowest BCUT2D eigenvalue weighted by atomic mass is 10.1. The summed E-state index contributed by atoms with van der Waals surface area (Å²) in [7, 11) is 2.20. The Bertz CT molecular complexity index is 512. The van der Waals surface area contributed by atoms with E-state index in [-0.39, 0.29) is 12.2 Å². The van der Waals surface area contributed by atoms with Crippen molar-refractivity contribution in [2.45, 2.75) is 180 Å². The lowest BCUT2D eigenvalue weighted by Crippen LogP contribution is -2.30. The molecule has 1 rings (SSSR count). The number of ether oxygens (including phenoxy) is 2. The van der Waals surface area contributed by atoms with Crippen molar-refractivity contribution in [3.63, 3.8) is 0 Å². The number of unbranched alkanes of at least 4 members (excludes halogenated alkanes) is 20. The maximum atomic E-state index is 6.29. The average Bonchev–Trinajstić information content (AvgIpc) is 3.31. The van der Waals surface area contributed by atoms with Crippen LogP contribution in [-0.4, -0.2) is 50.5 Å². The summed E-state index contributed by atoms with van der Waals surface area (Å²) in [5.41, 5.74) is 0. The molecule has 1 heterocycles. The highest BCUT2D eigenvalue weighted by Crippen LogP contribution is 2.18. The predicted octanol–water partition coefficient (Wildman–Crippen LogP) is 11.2. The maximum Gasteiger partial charge on any atom is 0.0975 e. The van der Waals surface area contributed by atoms with Gasteiger partial charge in [-0.25, -0.2) is 0 Å². The molecule has 0 N–H and O–H groups in total. The Kier molecular flexibility index (Phi) is 27.9. The first-order chi connectivity index (χ1) is 19.8. The van der Waals surface area contributed by atoms with E-state index >= 15 is 0 Å². The van der Waals surface area contributed by atoms with Crippen LogP contribution in [0.5, 0.6) is 0 Å². The van der Waals surface area contributed by atoms with Crippen LogP contribution < -0.4 is 0 Å². The minimum Gasteiger partial charge on any atom is -0.374 e. The van der Waals surface area contributed by atoms with E-state index in [0.717, 1.165) is 26.3 Å². The van der Waals surface area contributed by atoms with Crippen molar-refractivity contribution in [2.24, 2.45) is 0 Å². The lowest BCUT2D eigenvalue weighted by Gasteiger charge is -2.20. The van der Waals surface area contributed by atoms with Crippen LogP contribution in [0.15, 0.2) is 24.3 Å². The standard InChI is InChI=1S/C37H71NO2/c1-4-6-8-10-12-14-16-18-20-22-24-26-28-30-32-39-36-34-38(3)35-37(36)40-33-31-29-27-25-23-21-19-17-15-13-11-9-7-5-2/h14-17,36-37H,4-13,18-35H2,1-3H3/t36-,37?/m1/s1. The van der Waals surface area contributed by atoms with Gasteiger partial charge in [0.1, 0.15) is 0 Å². The van der Waals surface area contributed by atoms with Gasteiger partial charge in [-0.05, 0) is 71.3 Å². The molecule has 1 aliphatic heterocycles. The molecule has 0 amide bonds. The molecule has 0 aromatic heterocycles. The summed E-state index contributed by atoms with van der Waals surface area (Å²) in [5, 5.41) is 0. The van der Waals surface area contributed by atoms with Gasteiger partial charge in [0.15, 0.2) is 0 Å². The highest BCUT2D eigenvalue weighted by atomic mass is 16.5. The Morgan fingerprint density at radius 1 is 0.450 bits per heavy atom. The Morgan fingerprint density at radius 2 is 0.750 bits per heavy atom. The van der Waals surface area contributed by atoms with Crippen LogP contribution in [0.3, 0.4) is 0 Å². The molecular formula is C37H71NO2. The van der Waals surface area contributed by atoms with Gasteiger partial charge in [-0.3, -0.25) is 0 Å². The molecule has 1 aliphatic rings. The predicted molar refractivity (Wildman–Crippen MR) is 177 cm³/mol. The van der Waals surface area contributed by atoms with Crippen molar-refractivity contribution >= 4 is 0 Å². The fraction of sp³-hybridized carbons (Fsp3) is 0.892. The van der Waals surface area contributed by atoms with Crippen LogP contribution in [0.4, 0.5) is 0 Å². The van der Waals surface area contributed by atoms with Gasteiger partial charge >= 0.3 is 0 Å². The number of hydrogen-bond donors (Lipinski definition) is 0. The number of likely N-dealkylation sites (N-methyl/N-ethyl adjacent to an activating group) is 1. The Labute approximate surface area is 251 Å². The second kappa shape index (κ2) is 29.8. The molecule has 0 aromatic rings. The third kappa shape index (κ3) is 24.0. The fourth-order valence-electron chi connectivity index (χ4n) is 5.71. The molecule has 0 spiro atoms. The van der Waals surface area contributed by atoms with E-state index in [0.29, 0.717) is 0 Å². The summed E-state index contributed by atoms with van der Waals surface area (Å²) in [6.45, 7) is 8.39. The highest BCUT2D eigenvalue weighted by molar-refractivity contribution is 4.84. The smallest absolute Gasteiger partial charge is 0.0975 e. The summed E-state index contributed by atoms with van der Waals surface area (Å²) >= 11 is 0. The van der Waals surface area contributed by atoms with E-state index in [9.17, 15) is 0 Å².